The molecule has 0 bridgehead atoms. The topological polar surface area (TPSA) is 34.1 Å². The minimum Gasteiger partial charge on any atom is -0.219 e. The van der Waals surface area contributed by atoms with Crippen LogP contribution < -0.4 is 0 Å². The van der Waals surface area contributed by atoms with Gasteiger partial charge in [0.2, 0.25) is 0 Å². The number of allylic oxidation sites excluding steroid dienone is 1. The van der Waals surface area contributed by atoms with Gasteiger partial charge in [-0.3, -0.25) is 0 Å². The zero-order valence-corrected chi connectivity index (χ0v) is 11.6. The van der Waals surface area contributed by atoms with Gasteiger partial charge in [-0.15, -0.1) is 0 Å². The van der Waals surface area contributed by atoms with Crippen molar-refractivity contribution in [2.24, 2.45) is 0 Å². The Balaban J connectivity index is 2.11. The van der Waals surface area contributed by atoms with Gasteiger partial charge in [0.1, 0.15) is 0 Å². The lowest BCUT2D eigenvalue weighted by molar-refractivity contribution is 0.604. The molecule has 0 heterocycles. The molecule has 0 saturated carbocycles. The van der Waals surface area contributed by atoms with Gasteiger partial charge in [0.15, 0.2) is 9.84 Å². The molecule has 0 spiro atoms. The van der Waals surface area contributed by atoms with E-state index in [0.717, 1.165) is 11.1 Å². The Morgan fingerprint density at radius 2 is 1.58 bits per heavy atom. The fourth-order valence-electron chi connectivity index (χ4n) is 1.73. The van der Waals surface area contributed by atoms with Crippen molar-refractivity contribution in [1.82, 2.24) is 0 Å². The molecule has 0 aliphatic heterocycles. The minimum absolute atomic E-state index is 0.336. The van der Waals surface area contributed by atoms with Crippen LogP contribution in [0.1, 0.15) is 11.1 Å². The van der Waals surface area contributed by atoms with Gasteiger partial charge in [0.05, 0.1) is 4.90 Å². The van der Waals surface area contributed by atoms with Crippen LogP contribution in [0.3, 0.4) is 0 Å². The molecule has 0 saturated heterocycles. The Morgan fingerprint density at radius 1 is 0.947 bits per heavy atom. The fourth-order valence-corrected chi connectivity index (χ4v) is 2.75. The monoisotopic (exact) mass is 272 g/mol. The number of rotatable bonds is 4. The van der Waals surface area contributed by atoms with E-state index in [2.05, 4.69) is 0 Å². The summed E-state index contributed by atoms with van der Waals surface area (Å²) < 4.78 is 24.1. The predicted octanol–water partition coefficient (Wildman–Crippen LogP) is 3.53. The van der Waals surface area contributed by atoms with Crippen LogP contribution in [-0.4, -0.2) is 8.42 Å². The molecule has 0 aliphatic rings. The Bertz CT molecular complexity index is 654. The summed E-state index contributed by atoms with van der Waals surface area (Å²) in [6.45, 7) is 1.93. The Labute approximate surface area is 114 Å². The van der Waals surface area contributed by atoms with Crippen LogP contribution in [0.5, 0.6) is 0 Å². The number of hydrogen-bond donors (Lipinski definition) is 0. The molecule has 0 radical (unpaired) electrons. The Hall–Kier alpha value is -1.87. The SMILES string of the molecule is Cc1ccc(S(=O)(=O)/C=C\Cc2ccccc2)cc1. The third kappa shape index (κ3) is 3.80. The molecule has 98 valence electrons. The molecule has 2 aromatic rings. The summed E-state index contributed by atoms with van der Waals surface area (Å²) in [5.41, 5.74) is 2.14. The molecular formula is C16H16O2S. The van der Waals surface area contributed by atoms with Crippen LogP contribution in [0.4, 0.5) is 0 Å². The lowest BCUT2D eigenvalue weighted by Crippen LogP contribution is -1.96. The fraction of sp³-hybridized carbons (Fsp3) is 0.125. The first-order valence-electron chi connectivity index (χ1n) is 6.10. The number of benzene rings is 2. The van der Waals surface area contributed by atoms with Gasteiger partial charge in [-0.25, -0.2) is 8.42 Å². The molecule has 0 atom stereocenters. The molecule has 19 heavy (non-hydrogen) atoms. The average molecular weight is 272 g/mol. The molecule has 0 N–H and O–H groups in total. The van der Waals surface area contributed by atoms with Crippen molar-refractivity contribution in [3.05, 3.63) is 77.2 Å². The molecule has 2 aromatic carbocycles. The van der Waals surface area contributed by atoms with Crippen molar-refractivity contribution in [3.63, 3.8) is 0 Å². The van der Waals surface area contributed by atoms with E-state index in [1.54, 1.807) is 30.3 Å². The predicted molar refractivity (Wildman–Crippen MR) is 77.7 cm³/mol. The molecule has 0 aromatic heterocycles. The van der Waals surface area contributed by atoms with E-state index in [0.29, 0.717) is 11.3 Å². The van der Waals surface area contributed by atoms with Gasteiger partial charge < -0.3 is 0 Å². The lowest BCUT2D eigenvalue weighted by atomic mass is 10.2. The first-order chi connectivity index (χ1) is 9.08. The van der Waals surface area contributed by atoms with Gasteiger partial charge in [0, 0.05) is 5.41 Å². The van der Waals surface area contributed by atoms with E-state index >= 15 is 0 Å². The standard InChI is InChI=1S/C16H16O2S/c1-14-9-11-16(12-10-14)19(17,18)13-5-8-15-6-3-2-4-7-15/h2-7,9-13H,8H2,1H3/b13-5-. The van der Waals surface area contributed by atoms with E-state index in [-0.39, 0.29) is 0 Å². The molecule has 2 rings (SSSR count). The molecule has 0 unspecified atom stereocenters. The summed E-state index contributed by atoms with van der Waals surface area (Å²) in [6.07, 6.45) is 2.30. The van der Waals surface area contributed by atoms with Crippen LogP contribution in [0, 0.1) is 6.92 Å². The summed E-state index contributed by atoms with van der Waals surface area (Å²) >= 11 is 0. The molecule has 0 fully saturated rings. The third-order valence-corrected chi connectivity index (χ3v) is 4.30. The second-order valence-electron chi connectivity index (χ2n) is 4.42. The molecule has 0 aliphatic carbocycles. The van der Waals surface area contributed by atoms with Crippen molar-refractivity contribution in [3.8, 4) is 0 Å². The molecule has 2 nitrogen and oxygen atoms in total. The first-order valence-corrected chi connectivity index (χ1v) is 7.65. The summed E-state index contributed by atoms with van der Waals surface area (Å²) in [7, 11) is -3.33. The number of sulfone groups is 1. The van der Waals surface area contributed by atoms with Crippen molar-refractivity contribution >= 4 is 9.84 Å². The Morgan fingerprint density at radius 3 is 2.21 bits per heavy atom. The van der Waals surface area contributed by atoms with Gasteiger partial charge >= 0.3 is 0 Å². The van der Waals surface area contributed by atoms with E-state index in [9.17, 15) is 8.42 Å². The highest BCUT2D eigenvalue weighted by molar-refractivity contribution is 7.94. The zero-order valence-electron chi connectivity index (χ0n) is 10.8. The number of aryl methyl sites for hydroxylation is 1. The molecule has 0 amide bonds. The number of hydrogen-bond acceptors (Lipinski definition) is 2. The summed E-state index contributed by atoms with van der Waals surface area (Å²) in [6, 6.07) is 16.7. The van der Waals surface area contributed by atoms with E-state index < -0.39 is 9.84 Å². The van der Waals surface area contributed by atoms with Crippen LogP contribution >= 0.6 is 0 Å². The third-order valence-electron chi connectivity index (χ3n) is 2.82. The summed E-state index contributed by atoms with van der Waals surface area (Å²) in [4.78, 5) is 0.336. The largest absolute Gasteiger partial charge is 0.219 e. The smallest absolute Gasteiger partial charge is 0.199 e. The van der Waals surface area contributed by atoms with Crippen molar-refractivity contribution < 1.29 is 8.42 Å². The van der Waals surface area contributed by atoms with Crippen LogP contribution in [0.25, 0.3) is 0 Å². The van der Waals surface area contributed by atoms with Crippen molar-refractivity contribution in [1.29, 1.82) is 0 Å². The highest BCUT2D eigenvalue weighted by atomic mass is 32.2. The first kappa shape index (κ1) is 13.6. The maximum Gasteiger partial charge on any atom is 0.199 e. The van der Waals surface area contributed by atoms with E-state index in [1.165, 1.54) is 5.41 Å². The van der Waals surface area contributed by atoms with Crippen LogP contribution in [0.15, 0.2) is 71.0 Å². The summed E-state index contributed by atoms with van der Waals surface area (Å²) in [5, 5.41) is 1.28. The second-order valence-corrected chi connectivity index (χ2v) is 6.25. The van der Waals surface area contributed by atoms with Crippen LogP contribution in [-0.2, 0) is 16.3 Å². The molecular weight excluding hydrogens is 256 g/mol. The van der Waals surface area contributed by atoms with E-state index in [1.807, 2.05) is 37.3 Å². The van der Waals surface area contributed by atoms with Gasteiger partial charge in [0.25, 0.3) is 0 Å². The molecule has 3 heteroatoms. The quantitative estimate of drug-likeness (QED) is 0.853. The van der Waals surface area contributed by atoms with Crippen LogP contribution in [0.2, 0.25) is 0 Å². The van der Waals surface area contributed by atoms with Gasteiger partial charge in [-0.2, -0.15) is 0 Å². The highest BCUT2D eigenvalue weighted by Crippen LogP contribution is 2.13. The maximum atomic E-state index is 12.0. The maximum absolute atomic E-state index is 12.0. The van der Waals surface area contributed by atoms with Crippen molar-refractivity contribution in [2.75, 3.05) is 0 Å². The summed E-state index contributed by atoms with van der Waals surface area (Å²) in [5.74, 6) is 0. The van der Waals surface area contributed by atoms with Crippen molar-refractivity contribution in [2.45, 2.75) is 18.2 Å². The van der Waals surface area contributed by atoms with Gasteiger partial charge in [-0.05, 0) is 31.0 Å². The zero-order chi connectivity index (χ0) is 13.7. The second kappa shape index (κ2) is 5.85. The highest BCUT2D eigenvalue weighted by Gasteiger charge is 2.08. The normalized spacial score (nSPS) is 11.8. The van der Waals surface area contributed by atoms with E-state index in [4.69, 9.17) is 0 Å². The van der Waals surface area contributed by atoms with Gasteiger partial charge in [-0.1, -0.05) is 54.1 Å². The lowest BCUT2D eigenvalue weighted by Gasteiger charge is -2.00. The Kier molecular flexibility index (Phi) is 4.17. The minimum atomic E-state index is -3.33. The average Bonchev–Trinajstić information content (AvgIpc) is 2.40.